The molecule has 0 fully saturated rings. The first-order chi connectivity index (χ1) is 15.5. The lowest BCUT2D eigenvalue weighted by atomic mass is 10.1. The molecule has 0 bridgehead atoms. The maximum Gasteiger partial charge on any atom is 0.244 e. The Morgan fingerprint density at radius 3 is 2.18 bits per heavy atom. The number of anilines is 1. The summed E-state index contributed by atoms with van der Waals surface area (Å²) in [6.07, 6.45) is 1.95. The highest BCUT2D eigenvalue weighted by atomic mass is 35.5. The molecule has 0 unspecified atom stereocenters. The van der Waals surface area contributed by atoms with E-state index in [1.807, 2.05) is 51.1 Å². The van der Waals surface area contributed by atoms with Crippen LogP contribution in [0.1, 0.15) is 32.8 Å². The van der Waals surface area contributed by atoms with Gasteiger partial charge in [0.1, 0.15) is 12.6 Å². The highest BCUT2D eigenvalue weighted by Gasteiger charge is 2.32. The Kier molecular flexibility index (Phi) is 9.73. The molecule has 0 spiro atoms. The summed E-state index contributed by atoms with van der Waals surface area (Å²) in [6.45, 7) is 5.35. The predicted octanol–water partition coefficient (Wildman–Crippen LogP) is 3.48. The van der Waals surface area contributed by atoms with Crippen molar-refractivity contribution in [1.82, 2.24) is 10.2 Å². The van der Waals surface area contributed by atoms with Crippen molar-refractivity contribution in [2.75, 3.05) is 23.7 Å². The van der Waals surface area contributed by atoms with Crippen molar-refractivity contribution >= 4 is 39.1 Å². The SMILES string of the molecule is CC[C@H](C(=O)NC(C)C)N(CCc1ccccc1)C(=O)CN(c1ccccc1Cl)S(C)(=O)=O. The van der Waals surface area contributed by atoms with Gasteiger partial charge in [-0.1, -0.05) is 61.0 Å². The zero-order chi connectivity index (χ0) is 24.6. The van der Waals surface area contributed by atoms with Gasteiger partial charge in [0.25, 0.3) is 0 Å². The first-order valence-electron chi connectivity index (χ1n) is 10.9. The molecule has 0 radical (unpaired) electrons. The van der Waals surface area contributed by atoms with Crippen molar-refractivity contribution in [2.45, 2.75) is 45.7 Å². The number of amides is 2. The monoisotopic (exact) mass is 493 g/mol. The molecule has 2 amide bonds. The first-order valence-corrected chi connectivity index (χ1v) is 13.1. The number of para-hydroxylation sites is 1. The second-order valence-corrected chi connectivity index (χ2v) is 10.4. The van der Waals surface area contributed by atoms with Gasteiger partial charge in [-0.15, -0.1) is 0 Å². The first kappa shape index (κ1) is 26.7. The molecule has 0 saturated carbocycles. The number of nitrogens with zero attached hydrogens (tertiary/aromatic N) is 2. The molecular formula is C24H32ClN3O4S. The number of halogens is 1. The fraction of sp³-hybridized carbons (Fsp3) is 0.417. The molecule has 0 saturated heterocycles. The minimum Gasteiger partial charge on any atom is -0.352 e. The highest BCUT2D eigenvalue weighted by molar-refractivity contribution is 7.92. The Hall–Kier alpha value is -2.58. The Morgan fingerprint density at radius 1 is 1.03 bits per heavy atom. The number of carbonyl (C=O) groups excluding carboxylic acids is 2. The largest absolute Gasteiger partial charge is 0.352 e. The van der Waals surface area contributed by atoms with Crippen molar-refractivity contribution in [2.24, 2.45) is 0 Å². The minimum absolute atomic E-state index is 0.0896. The number of hydrogen-bond donors (Lipinski definition) is 1. The third-order valence-electron chi connectivity index (χ3n) is 5.10. The van der Waals surface area contributed by atoms with Gasteiger partial charge in [0.2, 0.25) is 21.8 Å². The van der Waals surface area contributed by atoms with Crippen molar-refractivity contribution in [1.29, 1.82) is 0 Å². The molecule has 0 aliphatic carbocycles. The average molecular weight is 494 g/mol. The van der Waals surface area contributed by atoms with E-state index in [9.17, 15) is 18.0 Å². The molecule has 1 atom stereocenters. The lowest BCUT2D eigenvalue weighted by Gasteiger charge is -2.33. The third kappa shape index (κ3) is 7.75. The number of sulfonamides is 1. The summed E-state index contributed by atoms with van der Waals surface area (Å²) >= 11 is 6.23. The van der Waals surface area contributed by atoms with Crippen molar-refractivity contribution in [3.05, 3.63) is 65.2 Å². The van der Waals surface area contributed by atoms with Gasteiger partial charge in [0.05, 0.1) is 17.0 Å². The minimum atomic E-state index is -3.81. The normalized spacial score (nSPS) is 12.3. The van der Waals surface area contributed by atoms with Crippen LogP contribution in [-0.2, 0) is 26.0 Å². The standard InChI is InChI=1S/C24H32ClN3O4S/c1-5-21(24(30)26-18(2)3)27(16-15-19-11-7-6-8-12-19)23(29)17-28(33(4,31)32)22-14-10-9-13-20(22)25/h6-14,18,21H,5,15-17H2,1-4H3,(H,26,30)/t21-/m1/s1. The molecule has 9 heteroatoms. The molecule has 7 nitrogen and oxygen atoms in total. The molecule has 1 N–H and O–H groups in total. The fourth-order valence-electron chi connectivity index (χ4n) is 3.53. The van der Waals surface area contributed by atoms with Crippen LogP contribution in [0.25, 0.3) is 0 Å². The maximum atomic E-state index is 13.5. The Morgan fingerprint density at radius 2 is 1.64 bits per heavy atom. The second-order valence-electron chi connectivity index (χ2n) is 8.13. The maximum absolute atomic E-state index is 13.5. The van der Waals surface area contributed by atoms with Crippen molar-refractivity contribution in [3.63, 3.8) is 0 Å². The molecule has 2 aromatic rings. The van der Waals surface area contributed by atoms with E-state index in [1.54, 1.807) is 24.3 Å². The van der Waals surface area contributed by atoms with E-state index in [0.29, 0.717) is 12.8 Å². The van der Waals surface area contributed by atoms with Crippen LogP contribution >= 0.6 is 11.6 Å². The molecule has 0 heterocycles. The second kappa shape index (κ2) is 12.0. The highest BCUT2D eigenvalue weighted by Crippen LogP contribution is 2.27. The summed E-state index contributed by atoms with van der Waals surface area (Å²) in [5.41, 5.74) is 1.23. The van der Waals surface area contributed by atoms with Gasteiger partial charge < -0.3 is 10.2 Å². The van der Waals surface area contributed by atoms with Gasteiger partial charge in [-0.05, 0) is 44.4 Å². The van der Waals surface area contributed by atoms with E-state index in [4.69, 9.17) is 11.6 Å². The van der Waals surface area contributed by atoms with Crippen molar-refractivity contribution < 1.29 is 18.0 Å². The number of rotatable bonds is 11. The van der Waals surface area contributed by atoms with Gasteiger partial charge in [-0.25, -0.2) is 8.42 Å². The molecule has 2 aromatic carbocycles. The Labute approximate surface area is 201 Å². The topological polar surface area (TPSA) is 86.8 Å². The van der Waals surface area contributed by atoms with Crippen LogP contribution in [0.2, 0.25) is 5.02 Å². The van der Waals surface area contributed by atoms with Gasteiger partial charge in [-0.3, -0.25) is 13.9 Å². The van der Waals surface area contributed by atoms with Crippen LogP contribution in [0.5, 0.6) is 0 Å². The number of nitrogens with one attached hydrogen (secondary N) is 1. The molecule has 0 aliphatic rings. The van der Waals surface area contributed by atoms with E-state index in [-0.39, 0.29) is 29.2 Å². The van der Waals surface area contributed by atoms with Gasteiger partial charge in [-0.2, -0.15) is 0 Å². The average Bonchev–Trinajstić information content (AvgIpc) is 2.74. The fourth-order valence-corrected chi connectivity index (χ4v) is 4.67. The zero-order valence-electron chi connectivity index (χ0n) is 19.5. The Bertz CT molecular complexity index is 1040. The zero-order valence-corrected chi connectivity index (χ0v) is 21.1. The van der Waals surface area contributed by atoms with Crippen LogP contribution in [0, 0.1) is 0 Å². The van der Waals surface area contributed by atoms with Gasteiger partial charge >= 0.3 is 0 Å². The van der Waals surface area contributed by atoms with Crippen LogP contribution in [0.15, 0.2) is 54.6 Å². The summed E-state index contributed by atoms with van der Waals surface area (Å²) in [7, 11) is -3.81. The Balaban J connectivity index is 2.37. The smallest absolute Gasteiger partial charge is 0.244 e. The van der Waals surface area contributed by atoms with Crippen molar-refractivity contribution in [3.8, 4) is 0 Å². The quantitative estimate of drug-likeness (QED) is 0.519. The van der Waals surface area contributed by atoms with E-state index in [0.717, 1.165) is 16.1 Å². The number of hydrogen-bond acceptors (Lipinski definition) is 4. The molecule has 180 valence electrons. The van der Waals surface area contributed by atoms with Gasteiger partial charge in [0.15, 0.2) is 0 Å². The molecule has 2 rings (SSSR count). The number of carbonyl (C=O) groups is 2. The molecule has 0 aromatic heterocycles. The summed E-state index contributed by atoms with van der Waals surface area (Å²) in [5.74, 6) is -0.736. The van der Waals surface area contributed by atoms with Gasteiger partial charge in [0, 0.05) is 12.6 Å². The third-order valence-corrected chi connectivity index (χ3v) is 6.55. The molecule has 0 aliphatic heterocycles. The van der Waals surface area contributed by atoms with E-state index in [2.05, 4.69) is 5.32 Å². The van der Waals surface area contributed by atoms with Crippen LogP contribution in [0.4, 0.5) is 5.69 Å². The summed E-state index contributed by atoms with van der Waals surface area (Å²) in [4.78, 5) is 27.9. The summed E-state index contributed by atoms with van der Waals surface area (Å²) in [6, 6.07) is 15.3. The van der Waals surface area contributed by atoms with Crippen LogP contribution in [0.3, 0.4) is 0 Å². The van der Waals surface area contributed by atoms with E-state index in [1.165, 1.54) is 4.90 Å². The predicted molar refractivity (Wildman–Crippen MR) is 133 cm³/mol. The summed E-state index contributed by atoms with van der Waals surface area (Å²) < 4.78 is 26.1. The molecular weight excluding hydrogens is 462 g/mol. The lowest BCUT2D eigenvalue weighted by molar-refractivity contribution is -0.139. The lowest BCUT2D eigenvalue weighted by Crippen LogP contribution is -2.54. The molecule has 33 heavy (non-hydrogen) atoms. The van der Waals surface area contributed by atoms with Crippen LogP contribution in [-0.4, -0.2) is 56.6 Å². The van der Waals surface area contributed by atoms with E-state index < -0.39 is 28.5 Å². The van der Waals surface area contributed by atoms with Crippen LogP contribution < -0.4 is 9.62 Å². The number of benzene rings is 2. The van der Waals surface area contributed by atoms with E-state index >= 15 is 0 Å². The summed E-state index contributed by atoms with van der Waals surface area (Å²) in [5, 5.41) is 3.08.